The molecule has 1 aliphatic carbocycles. The highest BCUT2D eigenvalue weighted by Gasteiger charge is 2.39. The molecule has 104 valence electrons. The van der Waals surface area contributed by atoms with Crippen LogP contribution in [0.1, 0.15) is 61.4 Å². The van der Waals surface area contributed by atoms with E-state index in [1.807, 2.05) is 38.1 Å². The highest BCUT2D eigenvalue weighted by atomic mass is 16.5. The number of hydrogen-bond donors (Lipinski definition) is 0. The third-order valence-corrected chi connectivity index (χ3v) is 4.06. The van der Waals surface area contributed by atoms with E-state index in [0.29, 0.717) is 6.61 Å². The lowest BCUT2D eigenvalue weighted by Crippen LogP contribution is -2.41. The smallest absolute Gasteiger partial charge is 0.194 e. The van der Waals surface area contributed by atoms with E-state index in [4.69, 9.17) is 4.74 Å². The van der Waals surface area contributed by atoms with Crippen molar-refractivity contribution in [1.82, 2.24) is 0 Å². The van der Waals surface area contributed by atoms with Crippen molar-refractivity contribution in [2.75, 3.05) is 6.61 Å². The molecule has 0 unspecified atom stereocenters. The maximum atomic E-state index is 12.9. The Morgan fingerprint density at radius 1 is 1.11 bits per heavy atom. The van der Waals surface area contributed by atoms with Crippen molar-refractivity contribution in [3.05, 3.63) is 35.4 Å². The second-order valence-electron chi connectivity index (χ2n) is 5.54. The average molecular weight is 260 g/mol. The van der Waals surface area contributed by atoms with Crippen molar-refractivity contribution < 1.29 is 9.53 Å². The maximum Gasteiger partial charge on any atom is 0.194 e. The standard InChI is InChI=1S/C17H24O2/c1-3-19-17(12-6-4-5-7-13-17)16(18)15-10-8-14(2)9-11-15/h8-11H,3-7,12-13H2,1-2H3. The van der Waals surface area contributed by atoms with Crippen LogP contribution in [0, 0.1) is 6.92 Å². The molecule has 0 N–H and O–H groups in total. The lowest BCUT2D eigenvalue weighted by Gasteiger charge is -2.31. The highest BCUT2D eigenvalue weighted by molar-refractivity contribution is 6.02. The van der Waals surface area contributed by atoms with Crippen LogP contribution >= 0.6 is 0 Å². The van der Waals surface area contributed by atoms with Gasteiger partial charge in [0.05, 0.1) is 0 Å². The molecule has 0 aliphatic heterocycles. The van der Waals surface area contributed by atoms with Gasteiger partial charge in [0, 0.05) is 12.2 Å². The Balaban J connectivity index is 2.26. The van der Waals surface area contributed by atoms with E-state index in [0.717, 1.165) is 31.2 Å². The van der Waals surface area contributed by atoms with Crippen molar-refractivity contribution in [2.24, 2.45) is 0 Å². The molecule has 0 spiro atoms. The van der Waals surface area contributed by atoms with E-state index in [1.165, 1.54) is 18.4 Å². The molecule has 19 heavy (non-hydrogen) atoms. The second kappa shape index (κ2) is 6.33. The van der Waals surface area contributed by atoms with Crippen LogP contribution in [0.4, 0.5) is 0 Å². The number of carbonyl (C=O) groups is 1. The molecule has 0 heterocycles. The van der Waals surface area contributed by atoms with Crippen molar-refractivity contribution >= 4 is 5.78 Å². The Bertz CT molecular complexity index is 411. The molecule has 0 aromatic heterocycles. The fraction of sp³-hybridized carbons (Fsp3) is 0.588. The van der Waals surface area contributed by atoms with Gasteiger partial charge < -0.3 is 4.74 Å². The van der Waals surface area contributed by atoms with Crippen LogP contribution in [0.2, 0.25) is 0 Å². The Hall–Kier alpha value is -1.15. The minimum atomic E-state index is -0.569. The maximum absolute atomic E-state index is 12.9. The fourth-order valence-corrected chi connectivity index (χ4v) is 2.98. The number of ketones is 1. The van der Waals surface area contributed by atoms with Gasteiger partial charge in [-0.15, -0.1) is 0 Å². The summed E-state index contributed by atoms with van der Waals surface area (Å²) in [4.78, 5) is 12.9. The SMILES string of the molecule is CCOC1(C(=O)c2ccc(C)cc2)CCCCCC1. The number of rotatable bonds is 4. The van der Waals surface area contributed by atoms with Gasteiger partial charge in [-0.2, -0.15) is 0 Å². The summed E-state index contributed by atoms with van der Waals surface area (Å²) in [5, 5.41) is 0. The van der Waals surface area contributed by atoms with E-state index >= 15 is 0 Å². The summed E-state index contributed by atoms with van der Waals surface area (Å²) in [5.41, 5.74) is 1.41. The second-order valence-corrected chi connectivity index (χ2v) is 5.54. The molecule has 2 rings (SSSR count). The first kappa shape index (κ1) is 14.3. The molecule has 1 aromatic carbocycles. The molecule has 1 saturated carbocycles. The lowest BCUT2D eigenvalue weighted by atomic mass is 9.85. The lowest BCUT2D eigenvalue weighted by molar-refractivity contribution is -0.0292. The summed E-state index contributed by atoms with van der Waals surface area (Å²) in [6, 6.07) is 7.87. The number of hydrogen-bond acceptors (Lipinski definition) is 2. The predicted octanol–water partition coefficient (Wildman–Crippen LogP) is 4.31. The molecule has 1 aliphatic rings. The molecule has 0 radical (unpaired) electrons. The first-order valence-corrected chi connectivity index (χ1v) is 7.43. The predicted molar refractivity (Wildman–Crippen MR) is 77.6 cm³/mol. The van der Waals surface area contributed by atoms with Gasteiger partial charge in [0.15, 0.2) is 5.78 Å². The van der Waals surface area contributed by atoms with Gasteiger partial charge in [-0.05, 0) is 26.7 Å². The van der Waals surface area contributed by atoms with Gasteiger partial charge in [0.2, 0.25) is 0 Å². The van der Waals surface area contributed by atoms with Crippen molar-refractivity contribution in [3.8, 4) is 0 Å². The molecule has 0 atom stereocenters. The fourth-order valence-electron chi connectivity index (χ4n) is 2.98. The molecule has 2 nitrogen and oxygen atoms in total. The van der Waals surface area contributed by atoms with Crippen LogP contribution in [0.5, 0.6) is 0 Å². The van der Waals surface area contributed by atoms with E-state index in [2.05, 4.69) is 0 Å². The van der Waals surface area contributed by atoms with Crippen molar-refractivity contribution in [1.29, 1.82) is 0 Å². The molecule has 0 amide bonds. The topological polar surface area (TPSA) is 26.3 Å². The zero-order chi connectivity index (χ0) is 13.7. The quantitative estimate of drug-likeness (QED) is 0.595. The monoisotopic (exact) mass is 260 g/mol. The summed E-state index contributed by atoms with van der Waals surface area (Å²) in [5.74, 6) is 0.177. The first-order chi connectivity index (χ1) is 9.18. The third-order valence-electron chi connectivity index (χ3n) is 4.06. The van der Waals surface area contributed by atoms with Crippen LogP contribution in [-0.4, -0.2) is 18.0 Å². The molecule has 1 aromatic rings. The summed E-state index contributed by atoms with van der Waals surface area (Å²) in [6.07, 6.45) is 6.36. The van der Waals surface area contributed by atoms with Gasteiger partial charge in [-0.25, -0.2) is 0 Å². The number of carbonyl (C=O) groups excluding carboxylic acids is 1. The largest absolute Gasteiger partial charge is 0.367 e. The Morgan fingerprint density at radius 3 is 2.21 bits per heavy atom. The summed E-state index contributed by atoms with van der Waals surface area (Å²) < 4.78 is 5.95. The van der Waals surface area contributed by atoms with Crippen LogP contribution in [-0.2, 0) is 4.74 Å². The number of Topliss-reactive ketones (excluding diaryl/α,β-unsaturated/α-hetero) is 1. The Morgan fingerprint density at radius 2 is 1.68 bits per heavy atom. The number of benzene rings is 1. The van der Waals surface area contributed by atoms with Gasteiger partial charge in [-0.1, -0.05) is 55.5 Å². The van der Waals surface area contributed by atoms with Crippen LogP contribution < -0.4 is 0 Å². The van der Waals surface area contributed by atoms with E-state index < -0.39 is 5.60 Å². The van der Waals surface area contributed by atoms with Gasteiger partial charge in [-0.3, -0.25) is 4.79 Å². The number of ether oxygens (including phenoxy) is 1. The molecule has 2 heteroatoms. The highest BCUT2D eigenvalue weighted by Crippen LogP contribution is 2.33. The first-order valence-electron chi connectivity index (χ1n) is 7.43. The van der Waals surface area contributed by atoms with Crippen LogP contribution in [0.3, 0.4) is 0 Å². The van der Waals surface area contributed by atoms with E-state index in [-0.39, 0.29) is 5.78 Å². The molecular formula is C17H24O2. The van der Waals surface area contributed by atoms with Gasteiger partial charge in [0.1, 0.15) is 5.60 Å². The number of aryl methyl sites for hydroxylation is 1. The van der Waals surface area contributed by atoms with Crippen molar-refractivity contribution in [2.45, 2.75) is 58.0 Å². The average Bonchev–Trinajstić information content (AvgIpc) is 2.66. The molecule has 0 saturated heterocycles. The molecule has 0 bridgehead atoms. The minimum absolute atomic E-state index is 0.177. The van der Waals surface area contributed by atoms with Crippen molar-refractivity contribution in [3.63, 3.8) is 0 Å². The van der Waals surface area contributed by atoms with Gasteiger partial charge in [0.25, 0.3) is 0 Å². The Kier molecular flexibility index (Phi) is 4.76. The van der Waals surface area contributed by atoms with Crippen LogP contribution in [0.25, 0.3) is 0 Å². The van der Waals surface area contributed by atoms with E-state index in [9.17, 15) is 4.79 Å². The summed E-state index contributed by atoms with van der Waals surface area (Å²) >= 11 is 0. The zero-order valence-electron chi connectivity index (χ0n) is 12.1. The molecular weight excluding hydrogens is 236 g/mol. The van der Waals surface area contributed by atoms with Crippen LogP contribution in [0.15, 0.2) is 24.3 Å². The summed E-state index contributed by atoms with van der Waals surface area (Å²) in [7, 11) is 0. The Labute approximate surface area is 116 Å². The third kappa shape index (κ3) is 3.24. The normalized spacial score (nSPS) is 18.8. The minimum Gasteiger partial charge on any atom is -0.367 e. The van der Waals surface area contributed by atoms with Gasteiger partial charge >= 0.3 is 0 Å². The summed E-state index contributed by atoms with van der Waals surface area (Å²) in [6.45, 7) is 4.63. The zero-order valence-corrected chi connectivity index (χ0v) is 12.1. The van der Waals surface area contributed by atoms with E-state index in [1.54, 1.807) is 0 Å². The molecule has 1 fully saturated rings.